The van der Waals surface area contributed by atoms with Crippen LogP contribution >= 0.6 is 0 Å². The van der Waals surface area contributed by atoms with Gasteiger partial charge < -0.3 is 14.3 Å². The molecule has 4 aromatic rings. The van der Waals surface area contributed by atoms with Crippen LogP contribution in [-0.4, -0.2) is 33.1 Å². The molecule has 3 heterocycles. The standard InChI is InChI=1S/C22H19N3O4/c1-22(2,27)18-10-14(7-8-23-18)19-20-16(24-12-25-19)11-17(29-20)13-5-4-6-15(9-13)21(26)28-3/h4-12,27H,1-3H3. The first-order valence-corrected chi connectivity index (χ1v) is 8.99. The summed E-state index contributed by atoms with van der Waals surface area (Å²) in [4.78, 5) is 24.7. The molecule has 0 radical (unpaired) electrons. The van der Waals surface area contributed by atoms with Gasteiger partial charge in [0, 0.05) is 23.4 Å². The Kier molecular flexibility index (Phi) is 4.60. The third kappa shape index (κ3) is 3.60. The van der Waals surface area contributed by atoms with Gasteiger partial charge in [-0.15, -0.1) is 0 Å². The van der Waals surface area contributed by atoms with Crippen LogP contribution in [-0.2, 0) is 10.3 Å². The predicted molar refractivity (Wildman–Crippen MR) is 107 cm³/mol. The van der Waals surface area contributed by atoms with E-state index in [0.717, 1.165) is 11.1 Å². The largest absolute Gasteiger partial charge is 0.465 e. The zero-order chi connectivity index (χ0) is 20.6. The summed E-state index contributed by atoms with van der Waals surface area (Å²) in [6.07, 6.45) is 3.09. The quantitative estimate of drug-likeness (QED) is 0.527. The summed E-state index contributed by atoms with van der Waals surface area (Å²) in [6.45, 7) is 3.35. The molecule has 0 aliphatic heterocycles. The van der Waals surface area contributed by atoms with Crippen molar-refractivity contribution in [3.8, 4) is 22.6 Å². The second-order valence-electron chi connectivity index (χ2n) is 7.11. The summed E-state index contributed by atoms with van der Waals surface area (Å²) in [5.74, 6) is 0.142. The van der Waals surface area contributed by atoms with Gasteiger partial charge in [-0.05, 0) is 38.1 Å². The first-order chi connectivity index (χ1) is 13.9. The summed E-state index contributed by atoms with van der Waals surface area (Å²) in [5.41, 5.74) is 3.11. The zero-order valence-electron chi connectivity index (χ0n) is 16.2. The highest BCUT2D eigenvalue weighted by molar-refractivity contribution is 5.93. The fourth-order valence-electron chi connectivity index (χ4n) is 3.03. The Bertz CT molecular complexity index is 1210. The Morgan fingerprint density at radius 1 is 1.07 bits per heavy atom. The normalized spacial score (nSPS) is 11.6. The number of aromatic nitrogens is 3. The molecule has 1 aromatic carbocycles. The molecule has 0 atom stereocenters. The first kappa shape index (κ1) is 18.8. The summed E-state index contributed by atoms with van der Waals surface area (Å²) in [5, 5.41) is 10.3. The number of hydrogen-bond donors (Lipinski definition) is 1. The number of methoxy groups -OCH3 is 1. The van der Waals surface area contributed by atoms with Crippen molar-refractivity contribution < 1.29 is 19.1 Å². The van der Waals surface area contributed by atoms with Crippen molar-refractivity contribution in [1.29, 1.82) is 0 Å². The third-order valence-electron chi connectivity index (χ3n) is 4.54. The number of furan rings is 1. The molecule has 1 N–H and O–H groups in total. The predicted octanol–water partition coefficient (Wildman–Crippen LogP) is 3.97. The lowest BCUT2D eigenvalue weighted by atomic mass is 10.0. The number of hydrogen-bond acceptors (Lipinski definition) is 7. The molecule has 0 saturated heterocycles. The molecule has 29 heavy (non-hydrogen) atoms. The van der Waals surface area contributed by atoms with Crippen molar-refractivity contribution >= 4 is 17.1 Å². The Labute approximate surface area is 167 Å². The molecule has 0 aliphatic carbocycles. The number of pyridine rings is 1. The van der Waals surface area contributed by atoms with Gasteiger partial charge in [0.05, 0.1) is 18.4 Å². The van der Waals surface area contributed by atoms with Gasteiger partial charge in [0.25, 0.3) is 0 Å². The maximum atomic E-state index is 11.8. The molecular weight excluding hydrogens is 370 g/mol. The highest BCUT2D eigenvalue weighted by atomic mass is 16.5. The van der Waals surface area contributed by atoms with Crippen LogP contribution in [0.5, 0.6) is 0 Å². The molecule has 4 rings (SSSR count). The highest BCUT2D eigenvalue weighted by Gasteiger charge is 2.20. The third-order valence-corrected chi connectivity index (χ3v) is 4.54. The van der Waals surface area contributed by atoms with Crippen LogP contribution in [0.4, 0.5) is 0 Å². The van der Waals surface area contributed by atoms with Gasteiger partial charge in [0.1, 0.15) is 28.9 Å². The van der Waals surface area contributed by atoms with Crippen molar-refractivity contribution in [3.05, 3.63) is 66.2 Å². The van der Waals surface area contributed by atoms with E-state index in [0.29, 0.717) is 33.8 Å². The van der Waals surface area contributed by atoms with Crippen molar-refractivity contribution in [2.24, 2.45) is 0 Å². The van der Waals surface area contributed by atoms with E-state index in [-0.39, 0.29) is 0 Å². The molecule has 7 heteroatoms. The maximum absolute atomic E-state index is 11.8. The summed E-state index contributed by atoms with van der Waals surface area (Å²) in [7, 11) is 1.34. The van der Waals surface area contributed by atoms with Gasteiger partial charge in [-0.3, -0.25) is 4.98 Å². The minimum absolute atomic E-state index is 0.417. The molecule has 3 aromatic heterocycles. The van der Waals surface area contributed by atoms with Crippen LogP contribution in [0.2, 0.25) is 0 Å². The average Bonchev–Trinajstić information content (AvgIpc) is 3.17. The Balaban J connectivity index is 1.82. The molecule has 7 nitrogen and oxygen atoms in total. The van der Waals surface area contributed by atoms with E-state index in [4.69, 9.17) is 9.15 Å². The van der Waals surface area contributed by atoms with Crippen molar-refractivity contribution in [3.63, 3.8) is 0 Å². The lowest BCUT2D eigenvalue weighted by Gasteiger charge is -2.16. The summed E-state index contributed by atoms with van der Waals surface area (Å²) < 4.78 is 10.9. The van der Waals surface area contributed by atoms with Crippen LogP contribution in [0.15, 0.2) is 59.4 Å². The molecular formula is C22H19N3O4. The van der Waals surface area contributed by atoms with E-state index in [1.165, 1.54) is 13.4 Å². The fourth-order valence-corrected chi connectivity index (χ4v) is 3.03. The highest BCUT2D eigenvalue weighted by Crippen LogP contribution is 2.33. The molecule has 0 unspecified atom stereocenters. The Morgan fingerprint density at radius 2 is 1.90 bits per heavy atom. The van der Waals surface area contributed by atoms with E-state index in [2.05, 4.69) is 15.0 Å². The molecule has 0 saturated carbocycles. The minimum Gasteiger partial charge on any atom is -0.465 e. The van der Waals surface area contributed by atoms with Gasteiger partial charge >= 0.3 is 5.97 Å². The van der Waals surface area contributed by atoms with Gasteiger partial charge in [-0.25, -0.2) is 14.8 Å². The number of aliphatic hydroxyl groups is 1. The van der Waals surface area contributed by atoms with Crippen LogP contribution in [0.1, 0.15) is 29.9 Å². The molecule has 0 amide bonds. The Morgan fingerprint density at radius 3 is 2.66 bits per heavy atom. The van der Waals surface area contributed by atoms with Gasteiger partial charge in [-0.2, -0.15) is 0 Å². The van der Waals surface area contributed by atoms with Crippen LogP contribution in [0, 0.1) is 0 Å². The maximum Gasteiger partial charge on any atom is 0.337 e. The van der Waals surface area contributed by atoms with E-state index in [9.17, 15) is 9.90 Å². The SMILES string of the molecule is COC(=O)c1cccc(-c2cc3ncnc(-c4ccnc(C(C)(C)O)c4)c3o2)c1. The van der Waals surface area contributed by atoms with Gasteiger partial charge in [0.15, 0.2) is 5.58 Å². The number of nitrogens with zero attached hydrogens (tertiary/aromatic N) is 3. The average molecular weight is 389 g/mol. The fraction of sp³-hybridized carbons (Fsp3) is 0.182. The number of carbonyl (C=O) groups is 1. The zero-order valence-corrected chi connectivity index (χ0v) is 16.2. The van der Waals surface area contributed by atoms with Crippen LogP contribution in [0.3, 0.4) is 0 Å². The Hall–Kier alpha value is -3.58. The topological polar surface area (TPSA) is 98.3 Å². The number of benzene rings is 1. The number of ether oxygens (including phenoxy) is 1. The smallest absolute Gasteiger partial charge is 0.337 e. The molecule has 0 aliphatic rings. The molecule has 0 spiro atoms. The monoisotopic (exact) mass is 389 g/mol. The van der Waals surface area contributed by atoms with E-state index >= 15 is 0 Å². The van der Waals surface area contributed by atoms with E-state index < -0.39 is 11.6 Å². The summed E-state index contributed by atoms with van der Waals surface area (Å²) in [6, 6.07) is 12.4. The minimum atomic E-state index is -1.08. The van der Waals surface area contributed by atoms with Crippen LogP contribution < -0.4 is 0 Å². The first-order valence-electron chi connectivity index (χ1n) is 8.99. The van der Waals surface area contributed by atoms with E-state index in [1.54, 1.807) is 56.4 Å². The number of rotatable bonds is 4. The summed E-state index contributed by atoms with van der Waals surface area (Å²) >= 11 is 0. The number of esters is 1. The van der Waals surface area contributed by atoms with Gasteiger partial charge in [-0.1, -0.05) is 12.1 Å². The van der Waals surface area contributed by atoms with E-state index in [1.807, 2.05) is 6.07 Å². The number of carbonyl (C=O) groups excluding carboxylic acids is 1. The molecule has 0 bridgehead atoms. The molecule has 0 fully saturated rings. The number of fused-ring (bicyclic) bond motifs is 1. The second kappa shape index (κ2) is 7.10. The van der Waals surface area contributed by atoms with Crippen molar-refractivity contribution in [2.75, 3.05) is 7.11 Å². The lowest BCUT2D eigenvalue weighted by molar-refractivity contribution is 0.0600. The van der Waals surface area contributed by atoms with Crippen molar-refractivity contribution in [1.82, 2.24) is 15.0 Å². The van der Waals surface area contributed by atoms with Gasteiger partial charge in [0.2, 0.25) is 0 Å². The lowest BCUT2D eigenvalue weighted by Crippen LogP contribution is -2.17. The molecule has 146 valence electrons. The van der Waals surface area contributed by atoms with Crippen LogP contribution in [0.25, 0.3) is 33.7 Å². The second-order valence-corrected chi connectivity index (χ2v) is 7.11. The van der Waals surface area contributed by atoms with Crippen molar-refractivity contribution in [2.45, 2.75) is 19.4 Å².